The molecule has 0 aliphatic carbocycles. The maximum absolute atomic E-state index is 8.76. The molecule has 1 atom stereocenters. The molecule has 0 aliphatic rings. The Balaban J connectivity index is 2.12. The van der Waals surface area contributed by atoms with Gasteiger partial charge in [-0.25, -0.2) is 0 Å². The van der Waals surface area contributed by atoms with Gasteiger partial charge < -0.3 is 10.5 Å². The fraction of sp³-hybridized carbons (Fsp3) is 0.235. The van der Waals surface area contributed by atoms with Gasteiger partial charge in [0.25, 0.3) is 0 Å². The lowest BCUT2D eigenvalue weighted by atomic mass is 10.1. The summed E-state index contributed by atoms with van der Waals surface area (Å²) >= 11 is 0. The molecule has 2 N–H and O–H groups in total. The number of hydrogen-bond acceptors (Lipinski definition) is 3. The van der Waals surface area contributed by atoms with Crippen molar-refractivity contribution < 1.29 is 4.74 Å². The van der Waals surface area contributed by atoms with Crippen LogP contribution in [0.5, 0.6) is 5.75 Å². The maximum atomic E-state index is 8.76. The molecule has 0 bridgehead atoms. The monoisotopic (exact) mass is 266 g/mol. The highest BCUT2D eigenvalue weighted by atomic mass is 16.5. The number of hydrogen-bond donors (Lipinski definition) is 1. The number of nitrogens with two attached hydrogens (primary N) is 1. The Morgan fingerprint density at radius 1 is 1.20 bits per heavy atom. The fourth-order valence-electron chi connectivity index (χ4n) is 1.99. The molecule has 0 spiro atoms. The minimum absolute atomic E-state index is 0.0640. The summed E-state index contributed by atoms with van der Waals surface area (Å²) < 4.78 is 5.85. The van der Waals surface area contributed by atoms with E-state index in [0.29, 0.717) is 12.2 Å². The van der Waals surface area contributed by atoms with Gasteiger partial charge in [-0.1, -0.05) is 29.8 Å². The average molecular weight is 266 g/mol. The molecule has 0 radical (unpaired) electrons. The number of ether oxygens (including phenoxy) is 1. The summed E-state index contributed by atoms with van der Waals surface area (Å²) in [6, 6.07) is 15.4. The Morgan fingerprint density at radius 2 is 1.90 bits per heavy atom. The van der Waals surface area contributed by atoms with E-state index in [2.05, 4.69) is 12.1 Å². The van der Waals surface area contributed by atoms with Crippen molar-refractivity contribution in [2.45, 2.75) is 26.5 Å². The van der Waals surface area contributed by atoms with Gasteiger partial charge in [-0.3, -0.25) is 0 Å². The predicted molar refractivity (Wildman–Crippen MR) is 79.3 cm³/mol. The molecule has 20 heavy (non-hydrogen) atoms. The van der Waals surface area contributed by atoms with Gasteiger partial charge in [-0.05, 0) is 37.6 Å². The fourth-order valence-corrected chi connectivity index (χ4v) is 1.99. The van der Waals surface area contributed by atoms with Crippen molar-refractivity contribution in [3.05, 3.63) is 64.7 Å². The van der Waals surface area contributed by atoms with Gasteiger partial charge in [-0.15, -0.1) is 0 Å². The molecule has 0 unspecified atom stereocenters. The Kier molecular flexibility index (Phi) is 4.39. The van der Waals surface area contributed by atoms with Gasteiger partial charge in [0.1, 0.15) is 12.4 Å². The van der Waals surface area contributed by atoms with E-state index in [1.54, 1.807) is 12.1 Å². The van der Waals surface area contributed by atoms with Crippen LogP contribution in [0.2, 0.25) is 0 Å². The van der Waals surface area contributed by atoms with Crippen molar-refractivity contribution in [2.24, 2.45) is 5.73 Å². The molecule has 2 aromatic carbocycles. The predicted octanol–water partition coefficient (Wildman–Crippen LogP) is 3.47. The average Bonchev–Trinajstić information content (AvgIpc) is 2.46. The van der Waals surface area contributed by atoms with Crippen molar-refractivity contribution in [1.82, 2.24) is 0 Å². The zero-order valence-electron chi connectivity index (χ0n) is 11.8. The van der Waals surface area contributed by atoms with E-state index in [1.807, 2.05) is 38.1 Å². The van der Waals surface area contributed by atoms with Crippen molar-refractivity contribution in [3.63, 3.8) is 0 Å². The molecule has 0 fully saturated rings. The lowest BCUT2D eigenvalue weighted by molar-refractivity contribution is 0.301. The lowest BCUT2D eigenvalue weighted by Gasteiger charge is -2.15. The first-order chi connectivity index (χ1) is 9.60. The zero-order chi connectivity index (χ0) is 14.5. The summed E-state index contributed by atoms with van der Waals surface area (Å²) in [6.45, 7) is 4.45. The number of rotatable bonds is 4. The molecule has 2 aromatic rings. The SMILES string of the molecule is Cc1ccc(OCc2ccc(C#N)cc2)c([C@@H](C)N)c1. The topological polar surface area (TPSA) is 59.0 Å². The maximum Gasteiger partial charge on any atom is 0.124 e. The molecular formula is C17H18N2O. The van der Waals surface area contributed by atoms with E-state index in [4.69, 9.17) is 15.7 Å². The smallest absolute Gasteiger partial charge is 0.124 e. The molecule has 0 saturated heterocycles. The van der Waals surface area contributed by atoms with Crippen LogP contribution in [0, 0.1) is 18.3 Å². The first-order valence-electron chi connectivity index (χ1n) is 6.58. The van der Waals surface area contributed by atoms with Crippen molar-refractivity contribution >= 4 is 0 Å². The van der Waals surface area contributed by atoms with E-state index >= 15 is 0 Å². The molecule has 0 saturated carbocycles. The van der Waals surface area contributed by atoms with Gasteiger partial charge in [0.15, 0.2) is 0 Å². The molecule has 3 heteroatoms. The van der Waals surface area contributed by atoms with Crippen LogP contribution in [0.4, 0.5) is 0 Å². The van der Waals surface area contributed by atoms with Crippen LogP contribution in [-0.4, -0.2) is 0 Å². The van der Waals surface area contributed by atoms with Crippen LogP contribution in [0.1, 0.15) is 35.2 Å². The summed E-state index contributed by atoms with van der Waals surface area (Å²) in [5, 5.41) is 8.76. The third-order valence-corrected chi connectivity index (χ3v) is 3.13. The Bertz CT molecular complexity index is 624. The zero-order valence-corrected chi connectivity index (χ0v) is 11.8. The minimum atomic E-state index is -0.0640. The molecule has 3 nitrogen and oxygen atoms in total. The molecule has 2 rings (SSSR count). The Labute approximate surface area is 119 Å². The van der Waals surface area contributed by atoms with Crippen LogP contribution in [-0.2, 0) is 6.61 Å². The van der Waals surface area contributed by atoms with E-state index in [-0.39, 0.29) is 6.04 Å². The molecular weight excluding hydrogens is 248 g/mol. The Morgan fingerprint density at radius 3 is 2.50 bits per heavy atom. The highest BCUT2D eigenvalue weighted by Crippen LogP contribution is 2.25. The van der Waals surface area contributed by atoms with Crippen LogP contribution in [0.3, 0.4) is 0 Å². The summed E-state index contributed by atoms with van der Waals surface area (Å²) in [7, 11) is 0. The standard InChI is InChI=1S/C17H18N2O/c1-12-3-8-17(16(9-12)13(2)19)20-11-15-6-4-14(10-18)5-7-15/h3-9,13H,11,19H2,1-2H3/t13-/m1/s1. The van der Waals surface area contributed by atoms with Crippen LogP contribution in [0.25, 0.3) is 0 Å². The molecule has 0 amide bonds. The van der Waals surface area contributed by atoms with Gasteiger partial charge >= 0.3 is 0 Å². The summed E-state index contributed by atoms with van der Waals surface area (Å²) in [6.07, 6.45) is 0. The first-order valence-corrected chi connectivity index (χ1v) is 6.58. The van der Waals surface area contributed by atoms with Gasteiger partial charge in [0, 0.05) is 11.6 Å². The third-order valence-electron chi connectivity index (χ3n) is 3.13. The molecule has 0 heterocycles. The Hall–Kier alpha value is -2.31. The van der Waals surface area contributed by atoms with Gasteiger partial charge in [0.2, 0.25) is 0 Å². The van der Waals surface area contributed by atoms with Crippen LogP contribution in [0.15, 0.2) is 42.5 Å². The van der Waals surface area contributed by atoms with Crippen LogP contribution < -0.4 is 10.5 Å². The second-order valence-electron chi connectivity index (χ2n) is 4.93. The van der Waals surface area contributed by atoms with Gasteiger partial charge in [-0.2, -0.15) is 5.26 Å². The highest BCUT2D eigenvalue weighted by molar-refractivity contribution is 5.39. The highest BCUT2D eigenvalue weighted by Gasteiger charge is 2.08. The first kappa shape index (κ1) is 14.1. The normalized spacial score (nSPS) is 11.7. The second kappa shape index (κ2) is 6.23. The van der Waals surface area contributed by atoms with E-state index in [0.717, 1.165) is 16.9 Å². The van der Waals surface area contributed by atoms with E-state index in [1.165, 1.54) is 5.56 Å². The summed E-state index contributed by atoms with van der Waals surface area (Å²) in [4.78, 5) is 0. The number of benzene rings is 2. The quantitative estimate of drug-likeness (QED) is 0.921. The van der Waals surface area contributed by atoms with E-state index in [9.17, 15) is 0 Å². The van der Waals surface area contributed by atoms with Crippen molar-refractivity contribution in [3.8, 4) is 11.8 Å². The summed E-state index contributed by atoms with van der Waals surface area (Å²) in [5.41, 5.74) is 9.84. The second-order valence-corrected chi connectivity index (χ2v) is 4.93. The van der Waals surface area contributed by atoms with E-state index < -0.39 is 0 Å². The van der Waals surface area contributed by atoms with Gasteiger partial charge in [0.05, 0.1) is 11.6 Å². The van der Waals surface area contributed by atoms with Crippen molar-refractivity contribution in [2.75, 3.05) is 0 Å². The van der Waals surface area contributed by atoms with Crippen LogP contribution >= 0.6 is 0 Å². The molecule has 0 aliphatic heterocycles. The largest absolute Gasteiger partial charge is 0.489 e. The molecule has 102 valence electrons. The summed E-state index contributed by atoms with van der Waals surface area (Å²) in [5.74, 6) is 0.815. The third kappa shape index (κ3) is 3.37. The number of aryl methyl sites for hydroxylation is 1. The number of nitriles is 1. The number of nitrogens with zero attached hydrogens (tertiary/aromatic N) is 1. The molecule has 0 aromatic heterocycles. The van der Waals surface area contributed by atoms with Crippen molar-refractivity contribution in [1.29, 1.82) is 5.26 Å². The minimum Gasteiger partial charge on any atom is -0.489 e. The lowest BCUT2D eigenvalue weighted by Crippen LogP contribution is -2.08.